The van der Waals surface area contributed by atoms with E-state index in [4.69, 9.17) is 5.73 Å². The van der Waals surface area contributed by atoms with E-state index in [2.05, 4.69) is 16.8 Å². The van der Waals surface area contributed by atoms with E-state index in [1.807, 2.05) is 0 Å². The van der Waals surface area contributed by atoms with E-state index in [-0.39, 0.29) is 0 Å². The molecule has 50 valence electrons. The van der Waals surface area contributed by atoms with Crippen molar-refractivity contribution >= 4 is 11.3 Å². The molecule has 1 heterocycles. The molecule has 1 aromatic rings. The van der Waals surface area contributed by atoms with Gasteiger partial charge in [0.05, 0.1) is 0 Å². The molecule has 2 N–H and O–H groups in total. The van der Waals surface area contributed by atoms with Gasteiger partial charge >= 0.3 is 0 Å². The molecular weight excluding hydrogens is 130 g/mol. The van der Waals surface area contributed by atoms with Gasteiger partial charge in [-0.15, -0.1) is 0 Å². The highest BCUT2D eigenvalue weighted by Crippen LogP contribution is 2.07. The van der Waals surface area contributed by atoms with Crippen LogP contribution >= 0.6 is 11.3 Å². The molecule has 0 amide bonds. The maximum absolute atomic E-state index is 5.35. The maximum atomic E-state index is 5.35. The van der Waals surface area contributed by atoms with Gasteiger partial charge in [0.2, 0.25) is 0 Å². The molecule has 2 heteroatoms. The Labute approximate surface area is 59.5 Å². The van der Waals surface area contributed by atoms with E-state index in [1.54, 1.807) is 11.3 Å². The summed E-state index contributed by atoms with van der Waals surface area (Å²) in [6.07, 6.45) is 2.25. The fraction of sp³-hybridized carbons (Fsp3) is 0.429. The Kier molecular flexibility index (Phi) is 2.74. The van der Waals surface area contributed by atoms with Crippen molar-refractivity contribution in [2.24, 2.45) is 5.73 Å². The van der Waals surface area contributed by atoms with Crippen LogP contribution in [0.3, 0.4) is 0 Å². The quantitative estimate of drug-likeness (QED) is 0.680. The Bertz CT molecular complexity index is 146. The van der Waals surface area contributed by atoms with E-state index in [0.717, 1.165) is 19.4 Å². The van der Waals surface area contributed by atoms with Crippen molar-refractivity contribution in [1.29, 1.82) is 0 Å². The molecule has 0 bridgehead atoms. The van der Waals surface area contributed by atoms with Crippen molar-refractivity contribution in [2.45, 2.75) is 12.8 Å². The molecule has 0 fully saturated rings. The maximum Gasteiger partial charge on any atom is -0.00613 e. The van der Waals surface area contributed by atoms with Gasteiger partial charge in [0.1, 0.15) is 0 Å². The third-order valence-electron chi connectivity index (χ3n) is 1.25. The predicted octanol–water partition coefficient (Wildman–Crippen LogP) is 1.64. The van der Waals surface area contributed by atoms with Gasteiger partial charge in [0.25, 0.3) is 0 Å². The summed E-state index contributed by atoms with van der Waals surface area (Å²) < 4.78 is 0. The van der Waals surface area contributed by atoms with Gasteiger partial charge in [-0.05, 0) is 41.8 Å². The zero-order valence-electron chi connectivity index (χ0n) is 5.34. The average molecular weight is 141 g/mol. The highest BCUT2D eigenvalue weighted by molar-refractivity contribution is 7.07. The fourth-order valence-corrected chi connectivity index (χ4v) is 1.44. The topological polar surface area (TPSA) is 26.0 Å². The third kappa shape index (κ3) is 2.16. The molecule has 0 aliphatic heterocycles. The van der Waals surface area contributed by atoms with Gasteiger partial charge in [0, 0.05) is 0 Å². The molecular formula is C7H11NS. The summed E-state index contributed by atoms with van der Waals surface area (Å²) in [4.78, 5) is 0. The van der Waals surface area contributed by atoms with E-state index < -0.39 is 0 Å². The number of hydrogen-bond acceptors (Lipinski definition) is 2. The second kappa shape index (κ2) is 3.64. The molecule has 0 spiro atoms. The van der Waals surface area contributed by atoms with Gasteiger partial charge in [-0.25, -0.2) is 0 Å². The highest BCUT2D eigenvalue weighted by atomic mass is 32.1. The Balaban J connectivity index is 2.30. The van der Waals surface area contributed by atoms with Gasteiger partial charge in [-0.3, -0.25) is 0 Å². The number of rotatable bonds is 3. The normalized spacial score (nSPS) is 9.89. The average Bonchev–Trinajstić information content (AvgIpc) is 2.34. The summed E-state index contributed by atoms with van der Waals surface area (Å²) in [5.41, 5.74) is 6.77. The smallest absolute Gasteiger partial charge is 0.00613 e. The molecule has 1 aromatic heterocycles. The zero-order valence-corrected chi connectivity index (χ0v) is 6.16. The second-order valence-electron chi connectivity index (χ2n) is 2.02. The lowest BCUT2D eigenvalue weighted by atomic mass is 10.2. The van der Waals surface area contributed by atoms with E-state index in [0.29, 0.717) is 0 Å². The van der Waals surface area contributed by atoms with Gasteiger partial charge < -0.3 is 5.73 Å². The van der Waals surface area contributed by atoms with Crippen LogP contribution in [0.4, 0.5) is 0 Å². The van der Waals surface area contributed by atoms with Crippen molar-refractivity contribution in [3.63, 3.8) is 0 Å². The van der Waals surface area contributed by atoms with Crippen molar-refractivity contribution in [3.8, 4) is 0 Å². The van der Waals surface area contributed by atoms with Crippen LogP contribution < -0.4 is 5.73 Å². The Morgan fingerprint density at radius 3 is 3.00 bits per heavy atom. The molecule has 0 radical (unpaired) electrons. The summed E-state index contributed by atoms with van der Waals surface area (Å²) >= 11 is 1.75. The first-order valence-corrected chi connectivity index (χ1v) is 4.09. The number of nitrogens with two attached hydrogens (primary N) is 1. The van der Waals surface area contributed by atoms with Crippen LogP contribution in [-0.4, -0.2) is 6.54 Å². The Hall–Kier alpha value is -0.340. The largest absolute Gasteiger partial charge is 0.330 e. The third-order valence-corrected chi connectivity index (χ3v) is 1.98. The molecule has 1 nitrogen and oxygen atoms in total. The highest BCUT2D eigenvalue weighted by Gasteiger charge is 1.89. The van der Waals surface area contributed by atoms with E-state index >= 15 is 0 Å². The van der Waals surface area contributed by atoms with Crippen LogP contribution in [0.25, 0.3) is 0 Å². The van der Waals surface area contributed by atoms with Gasteiger partial charge in [-0.2, -0.15) is 11.3 Å². The van der Waals surface area contributed by atoms with Crippen LogP contribution in [0.2, 0.25) is 0 Å². The molecule has 0 saturated carbocycles. The van der Waals surface area contributed by atoms with Crippen molar-refractivity contribution in [3.05, 3.63) is 22.4 Å². The second-order valence-corrected chi connectivity index (χ2v) is 2.80. The van der Waals surface area contributed by atoms with Crippen LogP contribution in [0.5, 0.6) is 0 Å². The SMILES string of the molecule is NCCCc1ccsc1. The number of aryl methyl sites for hydroxylation is 1. The lowest BCUT2D eigenvalue weighted by Gasteiger charge is -1.91. The molecule has 9 heavy (non-hydrogen) atoms. The minimum absolute atomic E-state index is 0.801. The molecule has 1 rings (SSSR count). The first kappa shape index (κ1) is 6.78. The summed E-state index contributed by atoms with van der Waals surface area (Å²) in [5, 5.41) is 4.28. The molecule has 0 aliphatic carbocycles. The number of thiophene rings is 1. The summed E-state index contributed by atoms with van der Waals surface area (Å²) in [5.74, 6) is 0. The lowest BCUT2D eigenvalue weighted by molar-refractivity contribution is 0.835. The molecule has 0 atom stereocenters. The summed E-state index contributed by atoms with van der Waals surface area (Å²) in [6, 6.07) is 2.15. The van der Waals surface area contributed by atoms with Crippen molar-refractivity contribution in [1.82, 2.24) is 0 Å². The van der Waals surface area contributed by atoms with Gasteiger partial charge in [0.15, 0.2) is 0 Å². The summed E-state index contributed by atoms with van der Waals surface area (Å²) in [7, 11) is 0. The molecule has 0 saturated heterocycles. The summed E-state index contributed by atoms with van der Waals surface area (Å²) in [6.45, 7) is 0.801. The standard InChI is InChI=1S/C7H11NS/c8-4-1-2-7-3-5-9-6-7/h3,5-6H,1-2,4,8H2. The van der Waals surface area contributed by atoms with Crippen LogP contribution in [0.1, 0.15) is 12.0 Å². The monoisotopic (exact) mass is 141 g/mol. The minimum Gasteiger partial charge on any atom is -0.330 e. The Morgan fingerprint density at radius 2 is 2.44 bits per heavy atom. The van der Waals surface area contributed by atoms with Crippen LogP contribution in [0, 0.1) is 0 Å². The molecule has 0 unspecified atom stereocenters. The zero-order chi connectivity index (χ0) is 6.53. The van der Waals surface area contributed by atoms with E-state index in [1.165, 1.54) is 5.56 Å². The predicted molar refractivity (Wildman–Crippen MR) is 41.7 cm³/mol. The van der Waals surface area contributed by atoms with Crippen molar-refractivity contribution < 1.29 is 0 Å². The van der Waals surface area contributed by atoms with Gasteiger partial charge in [-0.1, -0.05) is 0 Å². The van der Waals surface area contributed by atoms with Crippen LogP contribution in [0.15, 0.2) is 16.8 Å². The first-order chi connectivity index (χ1) is 4.43. The molecule has 0 aliphatic rings. The number of hydrogen-bond donors (Lipinski definition) is 1. The first-order valence-electron chi connectivity index (χ1n) is 3.14. The molecule has 0 aromatic carbocycles. The van der Waals surface area contributed by atoms with Crippen LogP contribution in [-0.2, 0) is 6.42 Å². The fourth-order valence-electron chi connectivity index (χ4n) is 0.741. The minimum atomic E-state index is 0.801. The lowest BCUT2D eigenvalue weighted by Crippen LogP contribution is -1.99. The Morgan fingerprint density at radius 1 is 1.56 bits per heavy atom. The van der Waals surface area contributed by atoms with E-state index in [9.17, 15) is 0 Å². The van der Waals surface area contributed by atoms with Crippen molar-refractivity contribution in [2.75, 3.05) is 6.54 Å².